The van der Waals surface area contributed by atoms with Crippen molar-refractivity contribution in [1.29, 1.82) is 0 Å². The molecule has 18 heavy (non-hydrogen) atoms. The van der Waals surface area contributed by atoms with Gasteiger partial charge in [-0.05, 0) is 18.1 Å². The molecule has 1 heterocycles. The van der Waals surface area contributed by atoms with Gasteiger partial charge in [-0.15, -0.1) is 0 Å². The smallest absolute Gasteiger partial charge is 0.239 e. The number of likely N-dealkylation sites (N-methyl/N-ethyl adjacent to an activating group) is 1. The van der Waals surface area contributed by atoms with Crippen LogP contribution < -0.4 is 15.5 Å². The number of para-hydroxylation sites is 1. The van der Waals surface area contributed by atoms with Gasteiger partial charge in [0.15, 0.2) is 0 Å². The molecule has 5 nitrogen and oxygen atoms in total. The third-order valence-corrected chi connectivity index (χ3v) is 3.04. The molecule has 0 bridgehead atoms. The van der Waals surface area contributed by atoms with Crippen LogP contribution in [0.15, 0.2) is 24.3 Å². The lowest BCUT2D eigenvalue weighted by molar-refractivity contribution is -0.125. The van der Waals surface area contributed by atoms with Crippen LogP contribution in [0.4, 0.5) is 5.69 Å². The largest absolute Gasteiger partial charge is 0.362 e. The normalized spacial score (nSPS) is 13.1. The zero-order chi connectivity index (χ0) is 13.0. The number of hydrogen-bond donors (Lipinski definition) is 2. The monoisotopic (exact) mass is 247 g/mol. The van der Waals surface area contributed by atoms with E-state index in [9.17, 15) is 9.59 Å². The maximum atomic E-state index is 11.7. The number of anilines is 1. The molecule has 0 saturated heterocycles. The highest BCUT2D eigenvalue weighted by Gasteiger charge is 2.20. The maximum absolute atomic E-state index is 11.7. The first-order valence-corrected chi connectivity index (χ1v) is 6.01. The Morgan fingerprint density at radius 3 is 2.83 bits per heavy atom. The summed E-state index contributed by atoms with van der Waals surface area (Å²) < 4.78 is 0. The van der Waals surface area contributed by atoms with Crippen LogP contribution in [0.25, 0.3) is 0 Å². The van der Waals surface area contributed by atoms with Crippen LogP contribution in [0.2, 0.25) is 0 Å². The van der Waals surface area contributed by atoms with E-state index < -0.39 is 0 Å². The first-order chi connectivity index (χ1) is 8.70. The molecular formula is C13H17N3O2. The number of carbonyl (C=O) groups is 2. The highest BCUT2D eigenvalue weighted by atomic mass is 16.2. The second kappa shape index (κ2) is 5.53. The summed E-state index contributed by atoms with van der Waals surface area (Å²) in [6.07, 6.45) is 0.971. The minimum Gasteiger partial charge on any atom is -0.362 e. The van der Waals surface area contributed by atoms with E-state index >= 15 is 0 Å². The molecule has 1 aliphatic rings. The molecule has 0 spiro atoms. The van der Waals surface area contributed by atoms with Crippen LogP contribution in [0.1, 0.15) is 5.56 Å². The summed E-state index contributed by atoms with van der Waals surface area (Å²) in [5, 5.41) is 5.06. The van der Waals surface area contributed by atoms with Gasteiger partial charge in [-0.2, -0.15) is 0 Å². The lowest BCUT2D eigenvalue weighted by Crippen LogP contribution is -2.41. The number of amides is 2. The van der Waals surface area contributed by atoms with Gasteiger partial charge in [-0.1, -0.05) is 18.2 Å². The Kier molecular flexibility index (Phi) is 3.82. The molecule has 5 heteroatoms. The molecule has 1 aromatic rings. The summed E-state index contributed by atoms with van der Waals surface area (Å²) in [5.41, 5.74) is 2.39. The number of nitrogens with one attached hydrogen (secondary N) is 2. The SMILES string of the molecule is CNC(=O)CNC(=O)CN1CCc2ccccc21. The summed E-state index contributed by atoms with van der Waals surface area (Å²) in [6, 6.07) is 8.08. The number of fused-ring (bicyclic) bond motifs is 1. The van der Waals surface area contributed by atoms with Gasteiger partial charge in [0.1, 0.15) is 0 Å². The predicted molar refractivity (Wildman–Crippen MR) is 69.4 cm³/mol. The Balaban J connectivity index is 1.88. The third kappa shape index (κ3) is 2.80. The van der Waals surface area contributed by atoms with Crippen molar-refractivity contribution in [2.75, 3.05) is 31.6 Å². The topological polar surface area (TPSA) is 61.4 Å². The second-order valence-corrected chi connectivity index (χ2v) is 4.25. The van der Waals surface area contributed by atoms with Crippen molar-refractivity contribution in [3.63, 3.8) is 0 Å². The van der Waals surface area contributed by atoms with E-state index in [4.69, 9.17) is 0 Å². The highest BCUT2D eigenvalue weighted by molar-refractivity contribution is 5.87. The average Bonchev–Trinajstić information content (AvgIpc) is 2.79. The Morgan fingerprint density at radius 1 is 1.28 bits per heavy atom. The van der Waals surface area contributed by atoms with Crippen molar-refractivity contribution >= 4 is 17.5 Å². The summed E-state index contributed by atoms with van der Waals surface area (Å²) in [4.78, 5) is 24.7. The molecule has 0 radical (unpaired) electrons. The minimum atomic E-state index is -0.190. The van der Waals surface area contributed by atoms with Crippen LogP contribution in [-0.4, -0.2) is 38.5 Å². The molecule has 0 aromatic heterocycles. The van der Waals surface area contributed by atoms with Crippen LogP contribution in [0, 0.1) is 0 Å². The zero-order valence-electron chi connectivity index (χ0n) is 10.4. The third-order valence-electron chi connectivity index (χ3n) is 3.04. The van der Waals surface area contributed by atoms with Gasteiger partial charge in [-0.25, -0.2) is 0 Å². The molecule has 1 aliphatic heterocycles. The zero-order valence-corrected chi connectivity index (χ0v) is 10.4. The fourth-order valence-electron chi connectivity index (χ4n) is 2.07. The summed E-state index contributed by atoms with van der Waals surface area (Å²) in [5.74, 6) is -0.319. The molecule has 0 fully saturated rings. The highest BCUT2D eigenvalue weighted by Crippen LogP contribution is 2.26. The van der Waals surface area contributed by atoms with Crippen LogP contribution in [0.5, 0.6) is 0 Å². The quantitative estimate of drug-likeness (QED) is 0.782. The summed E-state index contributed by atoms with van der Waals surface area (Å²) >= 11 is 0. The van der Waals surface area contributed by atoms with Crippen molar-refractivity contribution < 1.29 is 9.59 Å². The van der Waals surface area contributed by atoms with Gasteiger partial charge in [0.2, 0.25) is 11.8 Å². The Morgan fingerprint density at radius 2 is 2.06 bits per heavy atom. The van der Waals surface area contributed by atoms with Crippen LogP contribution in [0.3, 0.4) is 0 Å². The number of benzene rings is 1. The molecule has 2 rings (SSSR count). The standard InChI is InChI=1S/C13H17N3O2/c1-14-12(17)8-15-13(18)9-16-7-6-10-4-2-3-5-11(10)16/h2-5H,6-9H2,1H3,(H,14,17)(H,15,18). The molecule has 0 aliphatic carbocycles. The average molecular weight is 247 g/mol. The molecule has 1 aromatic carbocycles. The van der Waals surface area contributed by atoms with E-state index in [0.717, 1.165) is 18.7 Å². The predicted octanol–water partition coefficient (Wildman–Crippen LogP) is -0.0887. The number of carbonyl (C=O) groups excluding carboxylic acids is 2. The first kappa shape index (κ1) is 12.4. The van der Waals surface area contributed by atoms with Gasteiger partial charge in [0.05, 0.1) is 13.1 Å². The molecule has 96 valence electrons. The molecular weight excluding hydrogens is 230 g/mol. The fraction of sp³-hybridized carbons (Fsp3) is 0.385. The maximum Gasteiger partial charge on any atom is 0.239 e. The van der Waals surface area contributed by atoms with Gasteiger partial charge < -0.3 is 15.5 Å². The molecule has 0 atom stereocenters. The van der Waals surface area contributed by atoms with Crippen LogP contribution >= 0.6 is 0 Å². The molecule has 0 saturated carbocycles. The lowest BCUT2D eigenvalue weighted by Gasteiger charge is -2.18. The number of rotatable bonds is 4. The second-order valence-electron chi connectivity index (χ2n) is 4.25. The van der Waals surface area contributed by atoms with E-state index in [1.807, 2.05) is 23.1 Å². The van der Waals surface area contributed by atoms with Crippen molar-refractivity contribution in [1.82, 2.24) is 10.6 Å². The molecule has 2 N–H and O–H groups in total. The number of nitrogens with zero attached hydrogens (tertiary/aromatic N) is 1. The van der Waals surface area contributed by atoms with Gasteiger partial charge >= 0.3 is 0 Å². The van der Waals surface area contributed by atoms with E-state index in [1.165, 1.54) is 5.56 Å². The van der Waals surface area contributed by atoms with Gasteiger partial charge in [-0.3, -0.25) is 9.59 Å². The Bertz CT molecular complexity index is 459. The summed E-state index contributed by atoms with van der Waals surface area (Å²) in [7, 11) is 1.55. The van der Waals surface area contributed by atoms with Crippen molar-refractivity contribution in [3.8, 4) is 0 Å². The molecule has 0 unspecified atom stereocenters. The van der Waals surface area contributed by atoms with E-state index in [2.05, 4.69) is 16.7 Å². The summed E-state index contributed by atoms with van der Waals surface area (Å²) in [6.45, 7) is 1.19. The Labute approximate surface area is 106 Å². The van der Waals surface area contributed by atoms with Gasteiger partial charge in [0, 0.05) is 19.3 Å². The van der Waals surface area contributed by atoms with Gasteiger partial charge in [0.25, 0.3) is 0 Å². The minimum absolute atomic E-state index is 0.0326. The Hall–Kier alpha value is -2.04. The fourth-order valence-corrected chi connectivity index (χ4v) is 2.07. The first-order valence-electron chi connectivity index (χ1n) is 6.01. The van der Waals surface area contributed by atoms with Crippen molar-refractivity contribution in [3.05, 3.63) is 29.8 Å². The lowest BCUT2D eigenvalue weighted by atomic mass is 10.2. The number of hydrogen-bond acceptors (Lipinski definition) is 3. The van der Waals surface area contributed by atoms with E-state index in [0.29, 0.717) is 6.54 Å². The van der Waals surface area contributed by atoms with Crippen molar-refractivity contribution in [2.45, 2.75) is 6.42 Å². The van der Waals surface area contributed by atoms with Crippen LogP contribution in [-0.2, 0) is 16.0 Å². The molecule has 2 amide bonds. The van der Waals surface area contributed by atoms with Crippen molar-refractivity contribution in [2.24, 2.45) is 0 Å². The van der Waals surface area contributed by atoms with E-state index in [1.54, 1.807) is 7.05 Å². The van der Waals surface area contributed by atoms with E-state index in [-0.39, 0.29) is 18.4 Å².